The smallest absolute Gasteiger partial charge is 0.251 e. The van der Waals surface area contributed by atoms with Gasteiger partial charge in [0.05, 0.1) is 23.8 Å². The number of aryl methyl sites for hydroxylation is 1. The molecule has 0 bridgehead atoms. The van der Waals surface area contributed by atoms with Crippen molar-refractivity contribution >= 4 is 29.1 Å². The lowest BCUT2D eigenvalue weighted by Crippen LogP contribution is -2.47. The molecule has 2 N–H and O–H groups in total. The van der Waals surface area contributed by atoms with Gasteiger partial charge in [-0.05, 0) is 68.6 Å². The van der Waals surface area contributed by atoms with E-state index in [1.54, 1.807) is 18.2 Å². The summed E-state index contributed by atoms with van der Waals surface area (Å²) in [4.78, 5) is 41.8. The van der Waals surface area contributed by atoms with Gasteiger partial charge in [0.15, 0.2) is 0 Å². The van der Waals surface area contributed by atoms with E-state index < -0.39 is 6.04 Å². The van der Waals surface area contributed by atoms with Gasteiger partial charge in [-0.15, -0.1) is 0 Å². The third-order valence-corrected chi connectivity index (χ3v) is 6.64. The molecular formula is C26H31N3O4. The zero-order valence-corrected chi connectivity index (χ0v) is 19.0. The molecule has 0 saturated carbocycles. The molecule has 33 heavy (non-hydrogen) atoms. The van der Waals surface area contributed by atoms with Crippen molar-refractivity contribution < 1.29 is 19.5 Å². The number of likely N-dealkylation sites (tertiary alicyclic amines) is 1. The normalized spacial score (nSPS) is 19.8. The Bertz CT molecular complexity index is 1010. The summed E-state index contributed by atoms with van der Waals surface area (Å²) in [5, 5.41) is 12.7. The van der Waals surface area contributed by atoms with Gasteiger partial charge in [0.2, 0.25) is 11.8 Å². The van der Waals surface area contributed by atoms with Gasteiger partial charge in [0, 0.05) is 5.92 Å². The number of aromatic hydroxyl groups is 1. The van der Waals surface area contributed by atoms with E-state index in [0.29, 0.717) is 37.3 Å². The van der Waals surface area contributed by atoms with Gasteiger partial charge in [-0.25, -0.2) is 4.90 Å². The number of piperidine rings is 1. The first-order chi connectivity index (χ1) is 16.0. The van der Waals surface area contributed by atoms with Crippen molar-refractivity contribution in [1.29, 1.82) is 0 Å². The monoisotopic (exact) mass is 449 g/mol. The Labute approximate surface area is 194 Å². The Morgan fingerprint density at radius 1 is 1.06 bits per heavy atom. The van der Waals surface area contributed by atoms with Crippen LogP contribution in [0.25, 0.3) is 0 Å². The largest absolute Gasteiger partial charge is 0.506 e. The summed E-state index contributed by atoms with van der Waals surface area (Å²) in [6.45, 7) is 3.30. The number of carbonyl (C=O) groups is 3. The van der Waals surface area contributed by atoms with Crippen LogP contribution < -0.4 is 10.2 Å². The van der Waals surface area contributed by atoms with Gasteiger partial charge in [-0.3, -0.25) is 19.3 Å². The molecule has 0 aliphatic carbocycles. The lowest BCUT2D eigenvalue weighted by atomic mass is 9.94. The number of hydrogen-bond acceptors (Lipinski definition) is 5. The molecule has 4 rings (SSSR count). The van der Waals surface area contributed by atoms with Gasteiger partial charge in [-0.2, -0.15) is 0 Å². The number of nitrogens with zero attached hydrogens (tertiary/aromatic N) is 2. The van der Waals surface area contributed by atoms with Gasteiger partial charge in [-0.1, -0.05) is 37.6 Å². The number of nitrogens with one attached hydrogen (secondary N) is 1. The maximum Gasteiger partial charge on any atom is 0.251 e. The van der Waals surface area contributed by atoms with Crippen LogP contribution in [0.5, 0.6) is 5.75 Å². The average molecular weight is 450 g/mol. The molecule has 2 aliphatic heterocycles. The van der Waals surface area contributed by atoms with Crippen molar-refractivity contribution in [3.05, 3.63) is 54.1 Å². The minimum atomic E-state index is -0.473. The van der Waals surface area contributed by atoms with Crippen LogP contribution in [-0.2, 0) is 20.8 Å². The van der Waals surface area contributed by atoms with E-state index in [0.717, 1.165) is 19.3 Å². The zero-order valence-electron chi connectivity index (χ0n) is 19.0. The van der Waals surface area contributed by atoms with Gasteiger partial charge >= 0.3 is 0 Å². The second-order valence-corrected chi connectivity index (χ2v) is 8.87. The van der Waals surface area contributed by atoms with E-state index in [1.165, 1.54) is 16.5 Å². The molecule has 0 radical (unpaired) electrons. The highest BCUT2D eigenvalue weighted by molar-refractivity contribution is 6.22. The van der Waals surface area contributed by atoms with Gasteiger partial charge in [0.1, 0.15) is 5.75 Å². The number of phenolic OH excluding ortho intramolecular Hbond substituents is 1. The Balaban J connectivity index is 1.34. The van der Waals surface area contributed by atoms with Crippen LogP contribution in [0.3, 0.4) is 0 Å². The summed E-state index contributed by atoms with van der Waals surface area (Å²) in [6.07, 6.45) is 4.61. The van der Waals surface area contributed by atoms with Crippen molar-refractivity contribution in [1.82, 2.24) is 4.90 Å². The molecule has 2 aromatic carbocycles. The molecule has 7 nitrogen and oxygen atoms in total. The molecule has 2 aliphatic rings. The molecule has 3 amide bonds. The van der Waals surface area contributed by atoms with Crippen LogP contribution >= 0.6 is 0 Å². The molecule has 0 aromatic heterocycles. The number of para-hydroxylation sites is 2. The highest BCUT2D eigenvalue weighted by Gasteiger charge is 2.43. The fourth-order valence-electron chi connectivity index (χ4n) is 4.65. The highest BCUT2D eigenvalue weighted by atomic mass is 16.3. The Morgan fingerprint density at radius 3 is 2.42 bits per heavy atom. The average Bonchev–Trinajstić information content (AvgIpc) is 3.13. The number of phenols is 1. The molecule has 1 atom stereocenters. The van der Waals surface area contributed by atoms with E-state index in [-0.39, 0.29) is 35.8 Å². The summed E-state index contributed by atoms with van der Waals surface area (Å²) in [5.74, 6) is -0.643. The first-order valence-corrected chi connectivity index (χ1v) is 11.8. The number of hydrogen-bond donors (Lipinski definition) is 2. The van der Waals surface area contributed by atoms with Gasteiger partial charge in [0.25, 0.3) is 5.91 Å². The topological polar surface area (TPSA) is 90.0 Å². The fraction of sp³-hybridized carbons (Fsp3) is 0.423. The minimum absolute atomic E-state index is 0.0387. The third-order valence-electron chi connectivity index (χ3n) is 6.64. The number of benzene rings is 2. The molecule has 2 fully saturated rings. The first-order valence-electron chi connectivity index (χ1n) is 11.8. The van der Waals surface area contributed by atoms with Crippen molar-refractivity contribution in [3.8, 4) is 5.75 Å². The molecule has 2 aromatic rings. The lowest BCUT2D eigenvalue weighted by molar-refractivity contribution is -0.123. The maximum atomic E-state index is 13.1. The third kappa shape index (κ3) is 5.09. The maximum absolute atomic E-state index is 13.1. The summed E-state index contributed by atoms with van der Waals surface area (Å²) in [6, 6.07) is 13.9. The van der Waals surface area contributed by atoms with Crippen LogP contribution in [0, 0.1) is 5.92 Å². The standard InChI is InChI=1S/C26H31N3O4/c1-2-3-6-18-9-11-20(12-10-18)29-24(31)17-22(26(29)33)28-15-13-19(14-16-28)25(32)27-21-7-4-5-8-23(21)30/h4-5,7-12,19,22,30H,2-3,6,13-17H2,1H3,(H,27,32). The van der Waals surface area contributed by atoms with Crippen LogP contribution in [0.4, 0.5) is 11.4 Å². The molecule has 174 valence electrons. The second-order valence-electron chi connectivity index (χ2n) is 8.87. The van der Waals surface area contributed by atoms with Crippen LogP contribution in [0.1, 0.15) is 44.6 Å². The van der Waals surface area contributed by atoms with E-state index in [4.69, 9.17) is 0 Å². The van der Waals surface area contributed by atoms with E-state index in [9.17, 15) is 19.5 Å². The van der Waals surface area contributed by atoms with Crippen LogP contribution in [0.15, 0.2) is 48.5 Å². The second kappa shape index (κ2) is 10.2. The van der Waals surface area contributed by atoms with E-state index in [2.05, 4.69) is 12.2 Å². The Kier molecular flexibility index (Phi) is 7.08. The number of anilines is 2. The van der Waals surface area contributed by atoms with Crippen molar-refractivity contribution in [2.24, 2.45) is 5.92 Å². The highest BCUT2D eigenvalue weighted by Crippen LogP contribution is 2.30. The quantitative estimate of drug-likeness (QED) is 0.497. The summed E-state index contributed by atoms with van der Waals surface area (Å²) in [7, 11) is 0. The Hall–Kier alpha value is -3.19. The lowest BCUT2D eigenvalue weighted by Gasteiger charge is -2.34. The number of rotatable bonds is 7. The number of imide groups is 1. The molecule has 7 heteroatoms. The summed E-state index contributed by atoms with van der Waals surface area (Å²) >= 11 is 0. The number of amides is 3. The SMILES string of the molecule is CCCCc1ccc(N2C(=O)CC(N3CCC(C(=O)Nc4ccccc4O)CC3)C2=O)cc1. The fourth-order valence-corrected chi connectivity index (χ4v) is 4.65. The zero-order chi connectivity index (χ0) is 23.4. The van der Waals surface area contributed by atoms with Crippen molar-refractivity contribution in [2.75, 3.05) is 23.3 Å². The predicted molar refractivity (Wildman–Crippen MR) is 127 cm³/mol. The van der Waals surface area contributed by atoms with Crippen molar-refractivity contribution in [2.45, 2.75) is 51.5 Å². The minimum Gasteiger partial charge on any atom is -0.506 e. The van der Waals surface area contributed by atoms with E-state index >= 15 is 0 Å². The van der Waals surface area contributed by atoms with Crippen LogP contribution in [0.2, 0.25) is 0 Å². The van der Waals surface area contributed by atoms with Crippen molar-refractivity contribution in [3.63, 3.8) is 0 Å². The Morgan fingerprint density at radius 2 is 1.76 bits per heavy atom. The molecule has 2 heterocycles. The molecule has 1 unspecified atom stereocenters. The van der Waals surface area contributed by atoms with Crippen LogP contribution in [-0.4, -0.2) is 46.9 Å². The summed E-state index contributed by atoms with van der Waals surface area (Å²) in [5.41, 5.74) is 2.24. The number of unbranched alkanes of at least 4 members (excludes halogenated alkanes) is 1. The first kappa shape index (κ1) is 23.0. The molecular weight excluding hydrogens is 418 g/mol. The molecule has 2 saturated heterocycles. The number of carbonyl (C=O) groups excluding carboxylic acids is 3. The predicted octanol–water partition coefficient (Wildman–Crippen LogP) is 3.72. The molecule has 0 spiro atoms. The van der Waals surface area contributed by atoms with Gasteiger partial charge < -0.3 is 10.4 Å². The van der Waals surface area contributed by atoms with E-state index in [1.807, 2.05) is 29.2 Å². The summed E-state index contributed by atoms with van der Waals surface area (Å²) < 4.78 is 0.